The van der Waals surface area contributed by atoms with E-state index in [4.69, 9.17) is 0 Å². The molecule has 0 bridgehead atoms. The van der Waals surface area contributed by atoms with Crippen molar-refractivity contribution in [1.29, 1.82) is 0 Å². The van der Waals surface area contributed by atoms with Crippen molar-refractivity contribution in [3.8, 4) is 0 Å². The van der Waals surface area contributed by atoms with Crippen LogP contribution in [-0.2, 0) is 16.6 Å². The van der Waals surface area contributed by atoms with Crippen molar-refractivity contribution in [3.63, 3.8) is 0 Å². The van der Waals surface area contributed by atoms with Gasteiger partial charge in [-0.1, -0.05) is 0 Å². The Labute approximate surface area is 109 Å². The SMILES string of the molecule is CNCc1cc(S(=O)(=O)NC(C)CN(C)C)c[nH]1. The highest BCUT2D eigenvalue weighted by Gasteiger charge is 2.19. The molecular weight excluding hydrogens is 252 g/mol. The van der Waals surface area contributed by atoms with Crippen LogP contribution in [0.15, 0.2) is 17.2 Å². The molecule has 1 rings (SSSR count). The van der Waals surface area contributed by atoms with Gasteiger partial charge in [0.25, 0.3) is 0 Å². The van der Waals surface area contributed by atoms with Crippen LogP contribution in [0.4, 0.5) is 0 Å². The van der Waals surface area contributed by atoms with Crippen LogP contribution < -0.4 is 10.0 Å². The lowest BCUT2D eigenvalue weighted by atomic mass is 10.3. The summed E-state index contributed by atoms with van der Waals surface area (Å²) in [5.74, 6) is 0. The van der Waals surface area contributed by atoms with Crippen molar-refractivity contribution in [1.82, 2.24) is 19.9 Å². The molecule has 0 aromatic carbocycles. The zero-order valence-electron chi connectivity index (χ0n) is 11.3. The molecule has 0 saturated heterocycles. The number of hydrogen-bond donors (Lipinski definition) is 3. The van der Waals surface area contributed by atoms with Crippen LogP contribution in [0.1, 0.15) is 12.6 Å². The summed E-state index contributed by atoms with van der Waals surface area (Å²) >= 11 is 0. The van der Waals surface area contributed by atoms with E-state index in [1.165, 1.54) is 6.20 Å². The summed E-state index contributed by atoms with van der Waals surface area (Å²) in [6, 6.07) is 1.51. The Bertz CT molecular complexity index is 467. The number of nitrogens with zero attached hydrogens (tertiary/aromatic N) is 1. The number of aromatic amines is 1. The van der Waals surface area contributed by atoms with Crippen molar-refractivity contribution >= 4 is 10.0 Å². The Morgan fingerprint density at radius 1 is 1.44 bits per heavy atom. The standard InChI is InChI=1S/C11H22N4O2S/c1-9(8-15(3)4)14-18(16,17)11-5-10(6-12-2)13-7-11/h5,7,9,12-14H,6,8H2,1-4H3. The molecule has 0 aliphatic carbocycles. The van der Waals surface area contributed by atoms with Crippen LogP contribution in [0, 0.1) is 0 Å². The fourth-order valence-corrected chi connectivity index (χ4v) is 3.04. The second-order valence-electron chi connectivity index (χ2n) is 4.68. The topological polar surface area (TPSA) is 77.2 Å². The van der Waals surface area contributed by atoms with Gasteiger partial charge in [0, 0.05) is 31.0 Å². The molecule has 1 unspecified atom stereocenters. The summed E-state index contributed by atoms with van der Waals surface area (Å²) in [6.45, 7) is 3.12. The minimum atomic E-state index is -3.44. The third kappa shape index (κ3) is 4.41. The Balaban J connectivity index is 2.73. The van der Waals surface area contributed by atoms with E-state index in [1.54, 1.807) is 6.07 Å². The van der Waals surface area contributed by atoms with Crippen LogP contribution in [-0.4, -0.2) is 52.0 Å². The lowest BCUT2D eigenvalue weighted by Gasteiger charge is -2.17. The van der Waals surface area contributed by atoms with Gasteiger partial charge in [-0.2, -0.15) is 0 Å². The maximum atomic E-state index is 12.1. The minimum Gasteiger partial charge on any atom is -0.363 e. The molecule has 0 saturated carbocycles. The summed E-state index contributed by atoms with van der Waals surface area (Å²) in [7, 11) is 2.19. The first-order chi connectivity index (χ1) is 8.35. The smallest absolute Gasteiger partial charge is 0.242 e. The van der Waals surface area contributed by atoms with Crippen LogP contribution in [0.5, 0.6) is 0 Å². The zero-order valence-corrected chi connectivity index (χ0v) is 12.1. The Hall–Kier alpha value is -0.890. The number of aromatic nitrogens is 1. The highest BCUT2D eigenvalue weighted by Crippen LogP contribution is 2.11. The molecule has 7 heteroatoms. The molecule has 6 nitrogen and oxygen atoms in total. The summed E-state index contributed by atoms with van der Waals surface area (Å²) in [6.07, 6.45) is 1.51. The molecule has 0 fully saturated rings. The Morgan fingerprint density at radius 2 is 2.11 bits per heavy atom. The number of likely N-dealkylation sites (N-methyl/N-ethyl adjacent to an activating group) is 1. The van der Waals surface area contributed by atoms with Gasteiger partial charge in [0.1, 0.15) is 0 Å². The Morgan fingerprint density at radius 3 is 2.67 bits per heavy atom. The quantitative estimate of drug-likeness (QED) is 0.652. The maximum absolute atomic E-state index is 12.1. The molecule has 0 spiro atoms. The molecule has 18 heavy (non-hydrogen) atoms. The largest absolute Gasteiger partial charge is 0.363 e. The van der Waals surface area contributed by atoms with E-state index >= 15 is 0 Å². The predicted molar refractivity (Wildman–Crippen MR) is 71.9 cm³/mol. The molecule has 104 valence electrons. The lowest BCUT2D eigenvalue weighted by molar-refractivity contribution is 0.370. The first kappa shape index (κ1) is 15.2. The van der Waals surface area contributed by atoms with E-state index < -0.39 is 10.0 Å². The summed E-state index contributed by atoms with van der Waals surface area (Å²) < 4.78 is 26.8. The van der Waals surface area contributed by atoms with Crippen molar-refractivity contribution in [2.75, 3.05) is 27.7 Å². The molecule has 1 heterocycles. The van der Waals surface area contributed by atoms with Crippen molar-refractivity contribution in [2.24, 2.45) is 0 Å². The number of nitrogens with one attached hydrogen (secondary N) is 3. The van der Waals surface area contributed by atoms with E-state index in [0.29, 0.717) is 13.1 Å². The molecule has 0 radical (unpaired) electrons. The van der Waals surface area contributed by atoms with Crippen LogP contribution in [0.3, 0.4) is 0 Å². The van der Waals surface area contributed by atoms with E-state index in [2.05, 4.69) is 15.0 Å². The fourth-order valence-electron chi connectivity index (χ4n) is 1.78. The molecule has 0 aliphatic rings. The molecule has 0 aliphatic heterocycles. The fraction of sp³-hybridized carbons (Fsp3) is 0.636. The first-order valence-electron chi connectivity index (χ1n) is 5.84. The highest BCUT2D eigenvalue weighted by atomic mass is 32.2. The van der Waals surface area contributed by atoms with Gasteiger partial charge in [-0.3, -0.25) is 0 Å². The maximum Gasteiger partial charge on any atom is 0.242 e. The van der Waals surface area contributed by atoms with Crippen molar-refractivity contribution < 1.29 is 8.42 Å². The van der Waals surface area contributed by atoms with Gasteiger partial charge in [-0.25, -0.2) is 13.1 Å². The van der Waals surface area contributed by atoms with Gasteiger partial charge >= 0.3 is 0 Å². The highest BCUT2D eigenvalue weighted by molar-refractivity contribution is 7.89. The molecule has 1 aromatic rings. The summed E-state index contributed by atoms with van der Waals surface area (Å²) in [5.41, 5.74) is 0.845. The molecule has 1 aromatic heterocycles. The van der Waals surface area contributed by atoms with E-state index in [1.807, 2.05) is 33.0 Å². The minimum absolute atomic E-state index is 0.132. The van der Waals surface area contributed by atoms with Crippen LogP contribution in [0.25, 0.3) is 0 Å². The average Bonchev–Trinajstić information content (AvgIpc) is 2.65. The molecule has 3 N–H and O–H groups in total. The van der Waals surface area contributed by atoms with Crippen LogP contribution >= 0.6 is 0 Å². The normalized spacial score (nSPS) is 14.1. The molecule has 1 atom stereocenters. The summed E-state index contributed by atoms with van der Waals surface area (Å²) in [4.78, 5) is 5.15. The third-order valence-electron chi connectivity index (χ3n) is 2.39. The lowest BCUT2D eigenvalue weighted by Crippen LogP contribution is -2.39. The van der Waals surface area contributed by atoms with E-state index in [9.17, 15) is 8.42 Å². The number of rotatable bonds is 7. The zero-order chi connectivity index (χ0) is 13.8. The van der Waals surface area contributed by atoms with Crippen LogP contribution in [0.2, 0.25) is 0 Å². The monoisotopic (exact) mass is 274 g/mol. The second-order valence-corrected chi connectivity index (χ2v) is 6.39. The van der Waals surface area contributed by atoms with Gasteiger partial charge in [-0.15, -0.1) is 0 Å². The summed E-state index contributed by atoms with van der Waals surface area (Å²) in [5, 5.41) is 2.96. The molecule has 0 amide bonds. The van der Waals surface area contributed by atoms with Gasteiger partial charge in [0.2, 0.25) is 10.0 Å². The number of sulfonamides is 1. The number of H-pyrrole nitrogens is 1. The van der Waals surface area contributed by atoms with Crippen molar-refractivity contribution in [2.45, 2.75) is 24.4 Å². The Kier molecular flexibility index (Phi) is 5.33. The second kappa shape index (κ2) is 6.33. The van der Waals surface area contributed by atoms with Gasteiger partial charge in [-0.05, 0) is 34.1 Å². The molecular formula is C11H22N4O2S. The third-order valence-corrected chi connectivity index (χ3v) is 3.96. The van der Waals surface area contributed by atoms with Crippen molar-refractivity contribution in [3.05, 3.63) is 18.0 Å². The average molecular weight is 274 g/mol. The van der Waals surface area contributed by atoms with Gasteiger partial charge < -0.3 is 15.2 Å². The predicted octanol–water partition coefficient (Wildman–Crippen LogP) is -0.0375. The van der Waals surface area contributed by atoms with Gasteiger partial charge in [0.15, 0.2) is 0 Å². The number of hydrogen-bond acceptors (Lipinski definition) is 4. The van der Waals surface area contributed by atoms with E-state index in [0.717, 1.165) is 5.69 Å². The van der Waals surface area contributed by atoms with Gasteiger partial charge in [0.05, 0.1) is 4.90 Å². The first-order valence-corrected chi connectivity index (χ1v) is 7.32. The van der Waals surface area contributed by atoms with E-state index in [-0.39, 0.29) is 10.9 Å².